The van der Waals surface area contributed by atoms with Crippen LogP contribution >= 0.6 is 37.2 Å². The summed E-state index contributed by atoms with van der Waals surface area (Å²) in [5.74, 6) is 0. The highest BCUT2D eigenvalue weighted by Crippen LogP contribution is 1.49. The van der Waals surface area contributed by atoms with Gasteiger partial charge in [-0.2, -0.15) is 0 Å². The lowest BCUT2D eigenvalue weighted by molar-refractivity contribution is 1.48. The lowest BCUT2D eigenvalue weighted by Crippen LogP contribution is -1.41. The third-order valence-electron chi connectivity index (χ3n) is 0. The van der Waals surface area contributed by atoms with Crippen molar-refractivity contribution in [3.8, 4) is 0 Å². The van der Waals surface area contributed by atoms with Crippen LogP contribution in [0, 0.1) is 0 Å². The minimum absolute atomic E-state index is 0. The summed E-state index contributed by atoms with van der Waals surface area (Å²) >= 11 is 5.16. The summed E-state index contributed by atoms with van der Waals surface area (Å²) in [6.07, 6.45) is 0. The summed E-state index contributed by atoms with van der Waals surface area (Å²) in [6, 6.07) is 0. The molecule has 0 aliphatic carbocycles. The van der Waals surface area contributed by atoms with Crippen molar-refractivity contribution in [2.24, 2.45) is 0 Å². The smallest absolute Gasteiger partial charge is 0.117 e. The van der Waals surface area contributed by atoms with Crippen molar-refractivity contribution < 1.29 is 0 Å². The molecule has 0 amide bonds. The molecule has 4 radical (unpaired) electrons. The van der Waals surface area contributed by atoms with Crippen LogP contribution in [-0.2, 0) is 0 Å². The predicted molar refractivity (Wildman–Crippen MR) is 54.2 cm³/mol. The number of halogens is 3. The molecule has 0 unspecified atom stereocenters. The van der Waals surface area contributed by atoms with Crippen molar-refractivity contribution in [3.05, 3.63) is 0 Å². The monoisotopic (exact) mass is 220 g/mol. The molecule has 0 spiro atoms. The van der Waals surface area contributed by atoms with Crippen LogP contribution in [-0.4, -0.2) is 32.6 Å². The molecule has 0 atom stereocenters. The van der Waals surface area contributed by atoms with Gasteiger partial charge in [0.1, 0.15) is 32.6 Å². The average Bonchev–Trinajstić information content (AvgIpc) is 1.39. The van der Waals surface area contributed by atoms with Gasteiger partial charge in [0.05, 0.1) is 0 Å². The molecule has 56 valence electrons. The molecule has 0 aromatic carbocycles. The Balaban J connectivity index is -0.00000000889. The van der Waals surface area contributed by atoms with Crippen molar-refractivity contribution in [3.63, 3.8) is 0 Å². The van der Waals surface area contributed by atoms with Crippen LogP contribution in [0.25, 0.3) is 0 Å². The largest absolute Gasteiger partial charge is 0.147 e. The number of rotatable bonds is 0. The summed E-state index contributed by atoms with van der Waals surface area (Å²) in [4.78, 5) is 0. The molecule has 0 fully saturated rings. The maximum atomic E-state index is 2.58. The normalized spacial score (nSPS) is 3.78. The predicted octanol–water partition coefficient (Wildman–Crippen LogP) is 2.45. The van der Waals surface area contributed by atoms with Crippen LogP contribution in [0.5, 0.6) is 0 Å². The molecule has 5 heteroatoms. The van der Waals surface area contributed by atoms with Crippen LogP contribution in [0.1, 0.15) is 13.8 Å². The van der Waals surface area contributed by atoms with Gasteiger partial charge in [-0.1, -0.05) is 13.8 Å². The van der Waals surface area contributed by atoms with E-state index >= 15 is 0 Å². The van der Waals surface area contributed by atoms with E-state index in [4.69, 9.17) is 0 Å². The van der Waals surface area contributed by atoms with Crippen molar-refractivity contribution in [2.45, 2.75) is 24.4 Å². The van der Waals surface area contributed by atoms with Crippen molar-refractivity contribution in [2.75, 3.05) is 0 Å². The zero-order valence-corrected chi connectivity index (χ0v) is 10.6. The van der Waals surface area contributed by atoms with Crippen LogP contribution in [0.3, 0.4) is 0 Å². The molecule has 0 aromatic heterocycles. The first-order chi connectivity index (χ1) is 2.83. The van der Waals surface area contributed by atoms with Gasteiger partial charge in [-0.3, -0.25) is 0 Å². The summed E-state index contributed by atoms with van der Waals surface area (Å²) in [5, 5.41) is 2.33. The van der Waals surface area contributed by atoms with E-state index in [2.05, 4.69) is 46.4 Å². The van der Waals surface area contributed by atoms with E-state index in [0.29, 0.717) is 0 Å². The molecule has 0 nitrogen and oxygen atoms in total. The molecule has 0 aromatic rings. The fourth-order valence-corrected chi connectivity index (χ4v) is 0. The fourth-order valence-electron chi connectivity index (χ4n) is 0. The van der Waals surface area contributed by atoms with E-state index in [-0.39, 0.29) is 37.2 Å². The summed E-state index contributed by atoms with van der Waals surface area (Å²) in [6.45, 7) is 4.18. The van der Waals surface area contributed by atoms with Crippen LogP contribution in [0.4, 0.5) is 0 Å². The van der Waals surface area contributed by atoms with Crippen LogP contribution in [0.2, 0.25) is 10.6 Å². The van der Waals surface area contributed by atoms with E-state index in [1.807, 2.05) is 0 Å². The molecule has 0 saturated heterocycles. The Morgan fingerprint density at radius 2 is 0.778 bits per heavy atom. The highest BCUT2D eigenvalue weighted by Gasteiger charge is 1.37. The highest BCUT2D eigenvalue weighted by molar-refractivity contribution is 6.08. The average molecular weight is 221 g/mol. The SMILES string of the molecule is C[CH2][Al].C[CH2][Al].Cl.Cl.Cl. The van der Waals surface area contributed by atoms with Crippen LogP contribution < -0.4 is 0 Å². The van der Waals surface area contributed by atoms with Crippen molar-refractivity contribution in [1.82, 2.24) is 0 Å². The van der Waals surface area contributed by atoms with Gasteiger partial charge in [0, 0.05) is 0 Å². The van der Waals surface area contributed by atoms with Gasteiger partial charge in [0.15, 0.2) is 0 Å². The number of hydrogen-bond acceptors (Lipinski definition) is 0. The summed E-state index contributed by atoms with van der Waals surface area (Å²) in [7, 11) is 0. The quantitative estimate of drug-likeness (QED) is 0.551. The molecule has 0 aliphatic rings. The molecular formula is C4H13Al2Cl3. The minimum atomic E-state index is 0. The molecule has 0 N–H and O–H groups in total. The van der Waals surface area contributed by atoms with E-state index in [1.165, 1.54) is 10.6 Å². The van der Waals surface area contributed by atoms with Gasteiger partial charge in [0.25, 0.3) is 0 Å². The first-order valence-corrected chi connectivity index (χ1v) is 3.86. The molecule has 0 heterocycles. The van der Waals surface area contributed by atoms with Gasteiger partial charge in [0.2, 0.25) is 0 Å². The second-order valence-electron chi connectivity index (χ2n) is 0.816. The first-order valence-electron chi connectivity index (χ1n) is 2.23. The summed E-state index contributed by atoms with van der Waals surface area (Å²) < 4.78 is 0. The Kier molecular flexibility index (Phi) is 174. The van der Waals surface area contributed by atoms with Crippen molar-refractivity contribution in [1.29, 1.82) is 0 Å². The van der Waals surface area contributed by atoms with Gasteiger partial charge >= 0.3 is 0 Å². The zero-order valence-electron chi connectivity index (χ0n) is 5.79. The zero-order chi connectivity index (χ0) is 5.41. The van der Waals surface area contributed by atoms with Gasteiger partial charge in [-0.25, -0.2) is 0 Å². The minimum Gasteiger partial charge on any atom is -0.147 e. The lowest BCUT2D eigenvalue weighted by atomic mass is 11.0. The molecule has 0 saturated carbocycles. The fraction of sp³-hybridized carbons (Fsp3) is 1.00. The molecule has 0 bridgehead atoms. The van der Waals surface area contributed by atoms with Crippen LogP contribution in [0.15, 0.2) is 0 Å². The highest BCUT2D eigenvalue weighted by atomic mass is 35.5. The third kappa shape index (κ3) is 167. The standard InChI is InChI=1S/2C2H5.2Al.3ClH/c2*1-2;;;;;/h2*1H2,2H3;;;3*1H. The maximum Gasteiger partial charge on any atom is 0.117 e. The Labute approximate surface area is 93.6 Å². The van der Waals surface area contributed by atoms with E-state index in [9.17, 15) is 0 Å². The van der Waals surface area contributed by atoms with Gasteiger partial charge < -0.3 is 0 Å². The lowest BCUT2D eigenvalue weighted by Gasteiger charge is -1.47. The Bertz CT molecular complexity index is 15.8. The molecule has 0 aliphatic heterocycles. The first kappa shape index (κ1) is 30.6. The second kappa shape index (κ2) is 51.2. The third-order valence-corrected chi connectivity index (χ3v) is 0. The molecule has 0 rings (SSSR count). The number of hydrogen-bond donors (Lipinski definition) is 0. The second-order valence-corrected chi connectivity index (χ2v) is 2.45. The van der Waals surface area contributed by atoms with E-state index < -0.39 is 0 Å². The van der Waals surface area contributed by atoms with Gasteiger partial charge in [-0.05, 0) is 0 Å². The Hall–Kier alpha value is 1.93. The Morgan fingerprint density at radius 3 is 0.778 bits per heavy atom. The van der Waals surface area contributed by atoms with E-state index in [1.54, 1.807) is 0 Å². The Morgan fingerprint density at radius 1 is 0.778 bits per heavy atom. The molecular weight excluding hydrogens is 208 g/mol. The van der Waals surface area contributed by atoms with Gasteiger partial charge in [-0.15, -0.1) is 47.8 Å². The topological polar surface area (TPSA) is 0 Å². The van der Waals surface area contributed by atoms with E-state index in [0.717, 1.165) is 0 Å². The maximum absolute atomic E-state index is 2.58. The summed E-state index contributed by atoms with van der Waals surface area (Å²) in [5.41, 5.74) is 0. The van der Waals surface area contributed by atoms with Crippen molar-refractivity contribution >= 4 is 69.8 Å². The molecule has 9 heavy (non-hydrogen) atoms.